The van der Waals surface area contributed by atoms with Crippen LogP contribution in [0.2, 0.25) is 5.02 Å². The van der Waals surface area contributed by atoms with Gasteiger partial charge in [-0.3, -0.25) is 4.79 Å². The average Bonchev–Trinajstić information content (AvgIpc) is 2.92. The molecular weight excluding hydrogens is 300 g/mol. The van der Waals surface area contributed by atoms with E-state index in [9.17, 15) is 4.79 Å². The highest BCUT2D eigenvalue weighted by atomic mass is 35.5. The number of nitrogens with one attached hydrogen (secondary N) is 1. The van der Waals surface area contributed by atoms with Gasteiger partial charge in [-0.25, -0.2) is 4.98 Å². The number of amides is 1. The lowest BCUT2D eigenvalue weighted by atomic mass is 10.1. The van der Waals surface area contributed by atoms with Gasteiger partial charge >= 0.3 is 0 Å². The molecule has 0 spiro atoms. The molecule has 0 fully saturated rings. The number of carbonyl (C=O) groups excluding carboxylic acids is 1. The van der Waals surface area contributed by atoms with E-state index in [2.05, 4.69) is 15.4 Å². The fourth-order valence-corrected chi connectivity index (χ4v) is 2.19. The first-order valence-electron chi connectivity index (χ1n) is 6.68. The summed E-state index contributed by atoms with van der Waals surface area (Å²) in [4.78, 5) is 15.7. The van der Waals surface area contributed by atoms with E-state index in [-0.39, 0.29) is 5.91 Å². The van der Waals surface area contributed by atoms with Crippen molar-refractivity contribution in [1.82, 2.24) is 14.8 Å². The minimum Gasteiger partial charge on any atom is -0.311 e. The first-order valence-corrected chi connectivity index (χ1v) is 7.06. The highest BCUT2D eigenvalue weighted by Gasteiger charge is 2.12. The van der Waals surface area contributed by atoms with Crippen molar-refractivity contribution in [2.75, 3.05) is 5.32 Å². The number of hydrogen-bond acceptors (Lipinski definition) is 3. The third-order valence-corrected chi connectivity index (χ3v) is 3.27. The Kier molecular flexibility index (Phi) is 3.89. The zero-order chi connectivity index (χ0) is 15.5. The van der Waals surface area contributed by atoms with E-state index >= 15 is 0 Å². The smallest absolute Gasteiger partial charge is 0.222 e. The first-order chi connectivity index (χ1) is 10.6. The van der Waals surface area contributed by atoms with Crippen molar-refractivity contribution in [1.29, 1.82) is 0 Å². The monoisotopic (exact) mass is 312 g/mol. The zero-order valence-corrected chi connectivity index (χ0v) is 12.6. The molecule has 0 saturated heterocycles. The summed E-state index contributed by atoms with van der Waals surface area (Å²) in [6.45, 7) is 1.46. The van der Waals surface area contributed by atoms with E-state index in [1.54, 1.807) is 29.1 Å². The quantitative estimate of drug-likeness (QED) is 0.804. The van der Waals surface area contributed by atoms with Crippen LogP contribution in [0.5, 0.6) is 0 Å². The molecule has 0 aliphatic carbocycles. The number of rotatable bonds is 3. The van der Waals surface area contributed by atoms with E-state index in [0.29, 0.717) is 16.7 Å². The Morgan fingerprint density at radius 2 is 1.95 bits per heavy atom. The van der Waals surface area contributed by atoms with Crippen LogP contribution in [0.1, 0.15) is 6.92 Å². The van der Waals surface area contributed by atoms with Crippen LogP contribution < -0.4 is 5.32 Å². The summed E-state index contributed by atoms with van der Waals surface area (Å²) < 4.78 is 1.60. The second-order valence-corrected chi connectivity index (χ2v) is 5.14. The summed E-state index contributed by atoms with van der Waals surface area (Å²) >= 11 is 5.91. The largest absolute Gasteiger partial charge is 0.311 e. The molecule has 0 aliphatic rings. The number of carbonyl (C=O) groups is 1. The molecule has 0 saturated carbocycles. The van der Waals surface area contributed by atoms with E-state index < -0.39 is 0 Å². The van der Waals surface area contributed by atoms with Crippen LogP contribution in [0.25, 0.3) is 17.1 Å². The number of aromatic nitrogens is 3. The molecular formula is C16H13ClN4O. The maximum absolute atomic E-state index is 11.4. The Morgan fingerprint density at radius 1 is 1.18 bits per heavy atom. The maximum Gasteiger partial charge on any atom is 0.222 e. The molecule has 0 radical (unpaired) electrons. The Hall–Kier alpha value is -2.66. The molecule has 3 aromatic rings. The highest BCUT2D eigenvalue weighted by Crippen LogP contribution is 2.25. The second kappa shape index (κ2) is 5.99. The Labute approximate surface area is 132 Å². The molecule has 5 nitrogen and oxygen atoms in total. The van der Waals surface area contributed by atoms with E-state index in [1.807, 2.05) is 30.3 Å². The fourth-order valence-electron chi connectivity index (χ4n) is 2.07. The minimum atomic E-state index is -0.167. The van der Waals surface area contributed by atoms with Crippen LogP contribution in [-0.4, -0.2) is 20.7 Å². The van der Waals surface area contributed by atoms with E-state index in [1.165, 1.54) is 6.92 Å². The summed E-state index contributed by atoms with van der Waals surface area (Å²) in [5.74, 6) is 1.03. The Morgan fingerprint density at radius 3 is 2.59 bits per heavy atom. The maximum atomic E-state index is 11.4. The molecule has 0 aliphatic heterocycles. The van der Waals surface area contributed by atoms with Gasteiger partial charge in [0, 0.05) is 29.8 Å². The van der Waals surface area contributed by atoms with Gasteiger partial charge in [-0.1, -0.05) is 29.8 Å². The van der Waals surface area contributed by atoms with Gasteiger partial charge in [-0.05, 0) is 24.3 Å². The van der Waals surface area contributed by atoms with Crippen molar-refractivity contribution in [2.45, 2.75) is 6.92 Å². The van der Waals surface area contributed by atoms with Gasteiger partial charge in [0.25, 0.3) is 0 Å². The van der Waals surface area contributed by atoms with Crippen molar-refractivity contribution in [3.05, 3.63) is 59.8 Å². The van der Waals surface area contributed by atoms with Gasteiger partial charge in [-0.15, -0.1) is 0 Å². The number of pyridine rings is 1. The van der Waals surface area contributed by atoms with Gasteiger partial charge in [0.15, 0.2) is 5.82 Å². The lowest BCUT2D eigenvalue weighted by Gasteiger charge is -2.05. The molecule has 0 bridgehead atoms. The summed E-state index contributed by atoms with van der Waals surface area (Å²) in [5.41, 5.74) is 1.64. The molecule has 0 unspecified atom stereocenters. The zero-order valence-electron chi connectivity index (χ0n) is 11.8. The minimum absolute atomic E-state index is 0.167. The summed E-state index contributed by atoms with van der Waals surface area (Å²) in [7, 11) is 0. The lowest BCUT2D eigenvalue weighted by Crippen LogP contribution is -2.11. The normalized spacial score (nSPS) is 10.5. The summed E-state index contributed by atoms with van der Waals surface area (Å²) in [5, 5.41) is 7.96. The van der Waals surface area contributed by atoms with Crippen LogP contribution in [0.3, 0.4) is 0 Å². The second-order valence-electron chi connectivity index (χ2n) is 4.70. The van der Waals surface area contributed by atoms with Crippen LogP contribution >= 0.6 is 11.6 Å². The van der Waals surface area contributed by atoms with Crippen molar-refractivity contribution >= 4 is 23.3 Å². The topological polar surface area (TPSA) is 59.8 Å². The van der Waals surface area contributed by atoms with E-state index in [0.717, 1.165) is 11.3 Å². The SMILES string of the molecule is CC(=O)Nc1cc(-c2ccc(Cl)cc2)nn1-c1ccccn1. The van der Waals surface area contributed by atoms with Gasteiger partial charge in [0.05, 0.1) is 5.69 Å². The molecule has 0 atom stereocenters. The molecule has 6 heteroatoms. The van der Waals surface area contributed by atoms with Crippen LogP contribution in [0.15, 0.2) is 54.7 Å². The molecule has 22 heavy (non-hydrogen) atoms. The number of halogens is 1. The number of anilines is 1. The third kappa shape index (κ3) is 2.99. The molecule has 110 valence electrons. The number of benzene rings is 1. The van der Waals surface area contributed by atoms with Gasteiger partial charge in [0.2, 0.25) is 5.91 Å². The number of nitrogens with zero attached hydrogens (tertiary/aromatic N) is 3. The summed E-state index contributed by atoms with van der Waals surface area (Å²) in [6.07, 6.45) is 1.68. The average molecular weight is 313 g/mol. The number of hydrogen-bond donors (Lipinski definition) is 1. The molecule has 1 aromatic carbocycles. The van der Waals surface area contributed by atoms with Crippen molar-refractivity contribution in [3.63, 3.8) is 0 Å². The Bertz CT molecular complexity index is 797. The molecule has 2 heterocycles. The van der Waals surface area contributed by atoms with Crippen LogP contribution in [0.4, 0.5) is 5.82 Å². The molecule has 3 rings (SSSR count). The van der Waals surface area contributed by atoms with Gasteiger partial charge < -0.3 is 5.32 Å². The van der Waals surface area contributed by atoms with Crippen molar-refractivity contribution in [3.8, 4) is 17.1 Å². The Balaban J connectivity index is 2.08. The van der Waals surface area contributed by atoms with Gasteiger partial charge in [-0.2, -0.15) is 9.78 Å². The van der Waals surface area contributed by atoms with Crippen molar-refractivity contribution in [2.24, 2.45) is 0 Å². The standard InChI is InChI=1S/C16H13ClN4O/c1-11(22)19-16-10-14(12-5-7-13(17)8-6-12)20-21(16)15-4-2-3-9-18-15/h2-10H,1H3,(H,19,22). The first kappa shape index (κ1) is 14.3. The fraction of sp³-hybridized carbons (Fsp3) is 0.0625. The van der Waals surface area contributed by atoms with Crippen molar-refractivity contribution < 1.29 is 4.79 Å². The molecule has 2 aromatic heterocycles. The summed E-state index contributed by atoms with van der Waals surface area (Å²) in [6, 6.07) is 14.7. The van der Waals surface area contributed by atoms with Crippen LogP contribution in [0, 0.1) is 0 Å². The van der Waals surface area contributed by atoms with E-state index in [4.69, 9.17) is 11.6 Å². The molecule has 1 amide bonds. The predicted octanol–water partition coefficient (Wildman–Crippen LogP) is 3.55. The third-order valence-electron chi connectivity index (χ3n) is 3.02. The lowest BCUT2D eigenvalue weighted by molar-refractivity contribution is -0.114. The molecule has 1 N–H and O–H groups in total. The predicted molar refractivity (Wildman–Crippen MR) is 86.1 cm³/mol. The van der Waals surface area contributed by atoms with Crippen LogP contribution in [-0.2, 0) is 4.79 Å². The highest BCUT2D eigenvalue weighted by molar-refractivity contribution is 6.30. The van der Waals surface area contributed by atoms with Gasteiger partial charge in [0.1, 0.15) is 5.82 Å².